The summed E-state index contributed by atoms with van der Waals surface area (Å²) in [7, 11) is 0. The van der Waals surface area contributed by atoms with Crippen molar-refractivity contribution in [1.82, 2.24) is 10.1 Å². The van der Waals surface area contributed by atoms with Crippen molar-refractivity contribution >= 4 is 23.2 Å². The topological polar surface area (TPSA) is 119 Å². The molecule has 0 atom stereocenters. The molecular weight excluding hydrogens is 400 g/mol. The lowest BCUT2D eigenvalue weighted by atomic mass is 10.1. The summed E-state index contributed by atoms with van der Waals surface area (Å²) < 4.78 is 15.7. The Balaban J connectivity index is 1.44. The number of ether oxygens (including phenoxy) is 1. The molecule has 4 aromatic rings. The number of benzene rings is 2. The number of nitrogens with one attached hydrogen (secondary N) is 2. The average Bonchev–Trinajstić information content (AvgIpc) is 3.45. The van der Waals surface area contributed by atoms with Gasteiger partial charge in [-0.3, -0.25) is 9.59 Å². The monoisotopic (exact) mass is 418 g/mol. The summed E-state index contributed by atoms with van der Waals surface area (Å²) in [6.45, 7) is 1.75. The molecule has 31 heavy (non-hydrogen) atoms. The van der Waals surface area contributed by atoms with Gasteiger partial charge >= 0.3 is 0 Å². The molecule has 2 aromatic heterocycles. The molecule has 0 radical (unpaired) electrons. The van der Waals surface area contributed by atoms with Gasteiger partial charge in [0.1, 0.15) is 5.75 Å². The number of para-hydroxylation sites is 1. The van der Waals surface area contributed by atoms with Crippen LogP contribution in [0.15, 0.2) is 75.9 Å². The van der Waals surface area contributed by atoms with Crippen LogP contribution >= 0.6 is 0 Å². The van der Waals surface area contributed by atoms with E-state index in [-0.39, 0.29) is 24.2 Å². The highest BCUT2D eigenvalue weighted by molar-refractivity contribution is 6.07. The predicted molar refractivity (Wildman–Crippen MR) is 111 cm³/mol. The largest absolute Gasteiger partial charge is 0.485 e. The number of carbonyl (C=O) groups is 2. The Morgan fingerprint density at radius 3 is 2.45 bits per heavy atom. The Morgan fingerprint density at radius 1 is 0.968 bits per heavy atom. The fourth-order valence-corrected chi connectivity index (χ4v) is 2.80. The third-order valence-corrected chi connectivity index (χ3v) is 4.18. The van der Waals surface area contributed by atoms with Crippen LogP contribution < -0.4 is 15.4 Å². The summed E-state index contributed by atoms with van der Waals surface area (Å²) in [6.07, 6.45) is 1.42. The maximum Gasteiger partial charge on any atom is 0.291 e. The molecule has 0 saturated carbocycles. The van der Waals surface area contributed by atoms with Crippen LogP contribution in [0.1, 0.15) is 32.6 Å². The van der Waals surface area contributed by atoms with E-state index < -0.39 is 0 Å². The third-order valence-electron chi connectivity index (χ3n) is 4.18. The first kappa shape index (κ1) is 19.9. The SMILES string of the molecule is Cc1nc(COc2ccccc2C(=O)Nc2cccc(NC(=O)c3ccco3)c2)no1. The first-order valence-corrected chi connectivity index (χ1v) is 9.36. The number of amides is 2. The van der Waals surface area contributed by atoms with E-state index in [1.807, 2.05) is 0 Å². The van der Waals surface area contributed by atoms with Crippen molar-refractivity contribution in [3.63, 3.8) is 0 Å². The van der Waals surface area contributed by atoms with Gasteiger partial charge in [-0.15, -0.1) is 0 Å². The standard InChI is InChI=1S/C22H18N4O5/c1-14-23-20(26-31-14)13-30-18-9-3-2-8-17(18)21(27)24-15-6-4-7-16(12-15)25-22(28)19-10-5-11-29-19/h2-12H,13H2,1H3,(H,24,27)(H,25,28). The van der Waals surface area contributed by atoms with Gasteiger partial charge in [0.05, 0.1) is 11.8 Å². The zero-order valence-corrected chi connectivity index (χ0v) is 16.5. The predicted octanol–water partition coefficient (Wildman–Crippen LogP) is 4.05. The van der Waals surface area contributed by atoms with Gasteiger partial charge in [0, 0.05) is 18.3 Å². The minimum atomic E-state index is -0.385. The van der Waals surface area contributed by atoms with Crippen molar-refractivity contribution in [3.8, 4) is 5.75 Å². The summed E-state index contributed by atoms with van der Waals surface area (Å²) in [5, 5.41) is 9.30. The van der Waals surface area contributed by atoms with E-state index in [2.05, 4.69) is 20.8 Å². The van der Waals surface area contributed by atoms with E-state index in [0.29, 0.717) is 34.4 Å². The van der Waals surface area contributed by atoms with E-state index in [1.165, 1.54) is 6.26 Å². The molecular formula is C22H18N4O5. The number of anilines is 2. The maximum absolute atomic E-state index is 12.8. The number of furan rings is 1. The van der Waals surface area contributed by atoms with Gasteiger partial charge in [-0.25, -0.2) is 0 Å². The van der Waals surface area contributed by atoms with Gasteiger partial charge in [0.2, 0.25) is 11.7 Å². The number of hydrogen-bond donors (Lipinski definition) is 2. The lowest BCUT2D eigenvalue weighted by Gasteiger charge is -2.11. The zero-order chi connectivity index (χ0) is 21.6. The molecule has 0 saturated heterocycles. The molecule has 156 valence electrons. The van der Waals surface area contributed by atoms with Gasteiger partial charge in [0.25, 0.3) is 11.8 Å². The molecule has 4 rings (SSSR count). The Labute approximate surface area is 177 Å². The molecule has 9 heteroatoms. The second kappa shape index (κ2) is 8.95. The Morgan fingerprint density at radius 2 is 1.74 bits per heavy atom. The molecule has 0 fully saturated rings. The molecule has 2 amide bonds. The van der Waals surface area contributed by atoms with Crippen LogP contribution in [-0.4, -0.2) is 22.0 Å². The zero-order valence-electron chi connectivity index (χ0n) is 16.5. The lowest BCUT2D eigenvalue weighted by Crippen LogP contribution is -2.15. The highest BCUT2D eigenvalue weighted by Gasteiger charge is 2.14. The molecule has 0 bridgehead atoms. The summed E-state index contributed by atoms with van der Waals surface area (Å²) in [5.41, 5.74) is 1.36. The fourth-order valence-electron chi connectivity index (χ4n) is 2.80. The summed E-state index contributed by atoms with van der Waals surface area (Å²) >= 11 is 0. The van der Waals surface area contributed by atoms with Crippen LogP contribution in [0.5, 0.6) is 5.75 Å². The molecule has 0 aliphatic heterocycles. The van der Waals surface area contributed by atoms with Gasteiger partial charge < -0.3 is 24.3 Å². The second-order valence-corrected chi connectivity index (χ2v) is 6.48. The average molecular weight is 418 g/mol. The van der Waals surface area contributed by atoms with Gasteiger partial charge in [-0.2, -0.15) is 4.98 Å². The highest BCUT2D eigenvalue weighted by Crippen LogP contribution is 2.22. The summed E-state index contributed by atoms with van der Waals surface area (Å²) in [6, 6.07) is 16.8. The minimum Gasteiger partial charge on any atom is -0.485 e. The van der Waals surface area contributed by atoms with Crippen molar-refractivity contribution < 1.29 is 23.3 Å². The molecule has 2 heterocycles. The number of rotatable bonds is 7. The second-order valence-electron chi connectivity index (χ2n) is 6.48. The van der Waals surface area contributed by atoms with Crippen LogP contribution in [0, 0.1) is 6.92 Å². The van der Waals surface area contributed by atoms with E-state index in [4.69, 9.17) is 13.7 Å². The Bertz CT molecular complexity index is 1200. The van der Waals surface area contributed by atoms with Gasteiger partial charge in [-0.1, -0.05) is 23.4 Å². The Kier molecular flexibility index (Phi) is 5.75. The number of hydrogen-bond acceptors (Lipinski definition) is 7. The van der Waals surface area contributed by atoms with Crippen molar-refractivity contribution in [3.05, 3.63) is 90.0 Å². The van der Waals surface area contributed by atoms with Crippen LogP contribution in [-0.2, 0) is 6.61 Å². The van der Waals surface area contributed by atoms with Crippen molar-refractivity contribution in [1.29, 1.82) is 0 Å². The first-order valence-electron chi connectivity index (χ1n) is 9.36. The molecule has 0 aliphatic rings. The number of aromatic nitrogens is 2. The lowest BCUT2D eigenvalue weighted by molar-refractivity contribution is 0.0994. The molecule has 2 N–H and O–H groups in total. The van der Waals surface area contributed by atoms with E-state index >= 15 is 0 Å². The van der Waals surface area contributed by atoms with Crippen molar-refractivity contribution in [2.45, 2.75) is 13.5 Å². The number of nitrogens with zero attached hydrogens (tertiary/aromatic N) is 2. The molecule has 0 unspecified atom stereocenters. The normalized spacial score (nSPS) is 10.5. The third kappa shape index (κ3) is 4.96. The minimum absolute atomic E-state index is 0.0654. The quantitative estimate of drug-likeness (QED) is 0.464. The molecule has 0 aliphatic carbocycles. The summed E-state index contributed by atoms with van der Waals surface area (Å²) in [5.74, 6) is 0.636. The molecule has 0 spiro atoms. The molecule has 2 aromatic carbocycles. The van der Waals surface area contributed by atoms with Crippen molar-refractivity contribution in [2.75, 3.05) is 10.6 Å². The number of aryl methyl sites for hydroxylation is 1. The summed E-state index contributed by atoms with van der Waals surface area (Å²) in [4.78, 5) is 29.0. The van der Waals surface area contributed by atoms with Crippen LogP contribution in [0.3, 0.4) is 0 Å². The first-order chi connectivity index (χ1) is 15.1. The van der Waals surface area contributed by atoms with Crippen molar-refractivity contribution in [2.24, 2.45) is 0 Å². The van der Waals surface area contributed by atoms with E-state index in [0.717, 1.165) is 0 Å². The van der Waals surface area contributed by atoms with Gasteiger partial charge in [0.15, 0.2) is 12.4 Å². The van der Waals surface area contributed by atoms with Crippen LogP contribution in [0.4, 0.5) is 11.4 Å². The van der Waals surface area contributed by atoms with Crippen LogP contribution in [0.25, 0.3) is 0 Å². The highest BCUT2D eigenvalue weighted by atomic mass is 16.5. The van der Waals surface area contributed by atoms with E-state index in [9.17, 15) is 9.59 Å². The maximum atomic E-state index is 12.8. The van der Waals surface area contributed by atoms with Crippen LogP contribution in [0.2, 0.25) is 0 Å². The number of carbonyl (C=O) groups excluding carboxylic acids is 2. The van der Waals surface area contributed by atoms with Gasteiger partial charge in [-0.05, 0) is 42.5 Å². The smallest absolute Gasteiger partial charge is 0.291 e. The fraction of sp³-hybridized carbons (Fsp3) is 0.0909. The Hall–Kier alpha value is -4.40. The molecule has 9 nitrogen and oxygen atoms in total. The van der Waals surface area contributed by atoms with E-state index in [1.54, 1.807) is 67.6 Å².